The van der Waals surface area contributed by atoms with Crippen molar-refractivity contribution < 1.29 is 0 Å². The van der Waals surface area contributed by atoms with Gasteiger partial charge in [-0.1, -0.05) is 6.07 Å². The van der Waals surface area contributed by atoms with Crippen LogP contribution in [0.1, 0.15) is 16.5 Å². The Morgan fingerprint density at radius 1 is 1.50 bits per heavy atom. The van der Waals surface area contributed by atoms with E-state index in [9.17, 15) is 0 Å². The molecule has 0 saturated carbocycles. The average molecular weight is 233 g/mol. The maximum atomic E-state index is 4.26. The zero-order valence-corrected chi connectivity index (χ0v) is 9.91. The Hall–Kier alpha value is -1.13. The summed E-state index contributed by atoms with van der Waals surface area (Å²) in [7, 11) is 0. The Balaban J connectivity index is 1.67. The van der Waals surface area contributed by atoms with E-state index in [4.69, 9.17) is 0 Å². The first-order valence-corrected chi connectivity index (χ1v) is 6.54. The molecular weight excluding hydrogens is 218 g/mol. The molecule has 3 heterocycles. The molecule has 0 spiro atoms. The first-order chi connectivity index (χ1) is 7.93. The smallest absolute Gasteiger partial charge is 0.0948 e. The van der Waals surface area contributed by atoms with Gasteiger partial charge in [-0.15, -0.1) is 11.3 Å². The lowest BCUT2D eigenvalue weighted by Crippen LogP contribution is -2.40. The van der Waals surface area contributed by atoms with Crippen LogP contribution in [0.25, 0.3) is 0 Å². The van der Waals surface area contributed by atoms with Crippen LogP contribution in [-0.2, 0) is 13.0 Å². The first-order valence-electron chi connectivity index (χ1n) is 5.66. The quantitative estimate of drug-likeness (QED) is 0.873. The highest BCUT2D eigenvalue weighted by Gasteiger charge is 2.21. The standard InChI is InChI=1S/C12H15N3S/c1-2-11(16-5-1)3-4-15-9-14-8-12(15)10-6-13-7-10/h1-2,5,8-10,13H,3-4,6-7H2. The largest absolute Gasteiger partial charge is 0.334 e. The Morgan fingerprint density at radius 2 is 2.44 bits per heavy atom. The summed E-state index contributed by atoms with van der Waals surface area (Å²) in [5, 5.41) is 5.45. The van der Waals surface area contributed by atoms with E-state index < -0.39 is 0 Å². The molecule has 0 aliphatic carbocycles. The molecule has 0 radical (unpaired) electrons. The van der Waals surface area contributed by atoms with E-state index in [0.717, 1.165) is 26.1 Å². The van der Waals surface area contributed by atoms with Crippen LogP contribution in [0.3, 0.4) is 0 Å². The van der Waals surface area contributed by atoms with Crippen LogP contribution in [-0.4, -0.2) is 22.6 Å². The normalized spacial score (nSPS) is 16.2. The van der Waals surface area contributed by atoms with E-state index in [0.29, 0.717) is 5.92 Å². The zero-order chi connectivity index (χ0) is 10.8. The third kappa shape index (κ3) is 1.90. The van der Waals surface area contributed by atoms with Crippen LogP contribution in [0.2, 0.25) is 0 Å². The van der Waals surface area contributed by atoms with Crippen molar-refractivity contribution >= 4 is 11.3 Å². The number of aryl methyl sites for hydroxylation is 2. The van der Waals surface area contributed by atoms with E-state index >= 15 is 0 Å². The molecule has 84 valence electrons. The van der Waals surface area contributed by atoms with E-state index in [-0.39, 0.29) is 0 Å². The first kappa shape index (κ1) is 10.1. The van der Waals surface area contributed by atoms with Gasteiger partial charge in [0.05, 0.1) is 6.33 Å². The number of hydrogen-bond donors (Lipinski definition) is 1. The molecule has 1 aliphatic heterocycles. The molecule has 2 aromatic rings. The van der Waals surface area contributed by atoms with Gasteiger partial charge in [-0.2, -0.15) is 0 Å². The Kier molecular flexibility index (Phi) is 2.76. The fourth-order valence-electron chi connectivity index (χ4n) is 2.04. The topological polar surface area (TPSA) is 29.9 Å². The Morgan fingerprint density at radius 3 is 3.12 bits per heavy atom. The van der Waals surface area contributed by atoms with Gasteiger partial charge in [-0.05, 0) is 17.9 Å². The fraction of sp³-hybridized carbons (Fsp3) is 0.417. The van der Waals surface area contributed by atoms with Crippen molar-refractivity contribution in [2.24, 2.45) is 0 Å². The van der Waals surface area contributed by atoms with Crippen LogP contribution in [0.15, 0.2) is 30.0 Å². The fourth-order valence-corrected chi connectivity index (χ4v) is 2.74. The monoisotopic (exact) mass is 233 g/mol. The molecule has 0 bridgehead atoms. The maximum absolute atomic E-state index is 4.26. The van der Waals surface area contributed by atoms with Crippen molar-refractivity contribution in [1.29, 1.82) is 0 Å². The molecule has 3 nitrogen and oxygen atoms in total. The molecule has 16 heavy (non-hydrogen) atoms. The minimum atomic E-state index is 0.672. The summed E-state index contributed by atoms with van der Waals surface area (Å²) >= 11 is 1.83. The summed E-state index contributed by atoms with van der Waals surface area (Å²) in [6.45, 7) is 3.25. The predicted molar refractivity (Wildman–Crippen MR) is 65.9 cm³/mol. The van der Waals surface area contributed by atoms with Crippen molar-refractivity contribution in [3.63, 3.8) is 0 Å². The molecule has 0 atom stereocenters. The second kappa shape index (κ2) is 4.39. The molecule has 1 fully saturated rings. The molecule has 0 unspecified atom stereocenters. The average Bonchev–Trinajstić information content (AvgIpc) is 2.82. The SMILES string of the molecule is c1csc(CCn2cncc2C2CNC2)c1. The molecule has 4 heteroatoms. The van der Waals surface area contributed by atoms with E-state index in [2.05, 4.69) is 32.4 Å². The lowest BCUT2D eigenvalue weighted by atomic mass is 10.00. The summed E-state index contributed by atoms with van der Waals surface area (Å²) in [6.07, 6.45) is 5.09. The highest BCUT2D eigenvalue weighted by atomic mass is 32.1. The van der Waals surface area contributed by atoms with Crippen molar-refractivity contribution in [3.05, 3.63) is 40.6 Å². The number of hydrogen-bond acceptors (Lipinski definition) is 3. The molecule has 1 aliphatic rings. The van der Waals surface area contributed by atoms with Crippen molar-refractivity contribution in [1.82, 2.24) is 14.9 Å². The van der Waals surface area contributed by atoms with Gasteiger partial charge in [-0.3, -0.25) is 0 Å². The lowest BCUT2D eigenvalue weighted by molar-refractivity contribution is 0.423. The number of rotatable bonds is 4. The summed E-state index contributed by atoms with van der Waals surface area (Å²) in [5.74, 6) is 0.672. The van der Waals surface area contributed by atoms with Crippen LogP contribution in [0, 0.1) is 0 Å². The van der Waals surface area contributed by atoms with Crippen LogP contribution in [0.4, 0.5) is 0 Å². The Labute approximate surface area is 99.1 Å². The number of thiophene rings is 1. The highest BCUT2D eigenvalue weighted by Crippen LogP contribution is 2.20. The van der Waals surface area contributed by atoms with Gasteiger partial charge in [0.1, 0.15) is 0 Å². The van der Waals surface area contributed by atoms with Crippen molar-refractivity contribution in [2.45, 2.75) is 18.9 Å². The summed E-state index contributed by atoms with van der Waals surface area (Å²) in [4.78, 5) is 5.71. The molecule has 1 N–H and O–H groups in total. The third-order valence-electron chi connectivity index (χ3n) is 3.12. The van der Waals surface area contributed by atoms with E-state index in [1.54, 1.807) is 0 Å². The number of nitrogens with one attached hydrogen (secondary N) is 1. The second-order valence-electron chi connectivity index (χ2n) is 4.20. The minimum Gasteiger partial charge on any atom is -0.334 e. The number of imidazole rings is 1. The van der Waals surface area contributed by atoms with Gasteiger partial charge >= 0.3 is 0 Å². The molecule has 3 rings (SSSR count). The molecule has 1 saturated heterocycles. The van der Waals surface area contributed by atoms with Gasteiger partial charge in [-0.25, -0.2) is 4.98 Å². The molecule has 0 amide bonds. The highest BCUT2D eigenvalue weighted by molar-refractivity contribution is 7.09. The maximum Gasteiger partial charge on any atom is 0.0948 e. The zero-order valence-electron chi connectivity index (χ0n) is 9.10. The van der Waals surface area contributed by atoms with Gasteiger partial charge in [0.15, 0.2) is 0 Å². The third-order valence-corrected chi connectivity index (χ3v) is 4.06. The minimum absolute atomic E-state index is 0.672. The van der Waals surface area contributed by atoms with Gasteiger partial charge < -0.3 is 9.88 Å². The van der Waals surface area contributed by atoms with Crippen LogP contribution >= 0.6 is 11.3 Å². The van der Waals surface area contributed by atoms with Crippen LogP contribution < -0.4 is 5.32 Å². The molecule has 0 aromatic carbocycles. The van der Waals surface area contributed by atoms with Crippen LogP contribution in [0.5, 0.6) is 0 Å². The lowest BCUT2D eigenvalue weighted by Gasteiger charge is -2.27. The summed E-state index contributed by atoms with van der Waals surface area (Å²) in [5.41, 5.74) is 1.38. The van der Waals surface area contributed by atoms with E-state index in [1.807, 2.05) is 23.9 Å². The number of aromatic nitrogens is 2. The summed E-state index contributed by atoms with van der Waals surface area (Å²) < 4.78 is 2.30. The predicted octanol–water partition coefficient (Wildman–Crippen LogP) is 1.87. The molecular formula is C12H15N3S. The number of nitrogens with zero attached hydrogens (tertiary/aromatic N) is 2. The van der Waals surface area contributed by atoms with Gasteiger partial charge in [0.2, 0.25) is 0 Å². The second-order valence-corrected chi connectivity index (χ2v) is 5.23. The van der Waals surface area contributed by atoms with Gasteiger partial charge in [0, 0.05) is 42.3 Å². The Bertz CT molecular complexity index is 443. The van der Waals surface area contributed by atoms with Crippen molar-refractivity contribution in [2.75, 3.05) is 13.1 Å². The van der Waals surface area contributed by atoms with Crippen molar-refractivity contribution in [3.8, 4) is 0 Å². The van der Waals surface area contributed by atoms with E-state index in [1.165, 1.54) is 10.6 Å². The molecule has 2 aromatic heterocycles. The summed E-state index contributed by atoms with van der Waals surface area (Å²) in [6, 6.07) is 4.32. The van der Waals surface area contributed by atoms with Gasteiger partial charge in [0.25, 0.3) is 0 Å².